The summed E-state index contributed by atoms with van der Waals surface area (Å²) in [5, 5.41) is 3.69. The normalized spacial score (nSPS) is 15.2. The van der Waals surface area contributed by atoms with E-state index in [0.29, 0.717) is 12.1 Å². The SMILES string of the molecule is CCc1ccc(C(C)NCC(CC(C)C)N(C)C)s1. The summed E-state index contributed by atoms with van der Waals surface area (Å²) >= 11 is 1.94. The Labute approximate surface area is 123 Å². The van der Waals surface area contributed by atoms with Crippen molar-refractivity contribution in [2.75, 3.05) is 20.6 Å². The summed E-state index contributed by atoms with van der Waals surface area (Å²) in [6.07, 6.45) is 2.39. The maximum atomic E-state index is 3.69. The Kier molecular flexibility index (Phi) is 7.05. The zero-order valence-corrected chi connectivity index (χ0v) is 14.2. The van der Waals surface area contributed by atoms with E-state index in [4.69, 9.17) is 0 Å². The molecule has 0 aliphatic heterocycles. The molecule has 0 bridgehead atoms. The van der Waals surface area contributed by atoms with Crippen molar-refractivity contribution < 1.29 is 0 Å². The molecule has 110 valence electrons. The maximum absolute atomic E-state index is 3.69. The third kappa shape index (κ3) is 5.64. The predicted octanol–water partition coefficient (Wildman–Crippen LogP) is 3.94. The van der Waals surface area contributed by atoms with Crippen molar-refractivity contribution in [3.05, 3.63) is 21.9 Å². The van der Waals surface area contributed by atoms with Gasteiger partial charge in [0.25, 0.3) is 0 Å². The zero-order valence-electron chi connectivity index (χ0n) is 13.4. The standard InChI is InChI=1S/C16H30N2S/c1-7-15-8-9-16(19-15)13(4)17-11-14(18(5)6)10-12(2)3/h8-9,12-14,17H,7,10-11H2,1-6H3. The van der Waals surface area contributed by atoms with Crippen LogP contribution in [0.25, 0.3) is 0 Å². The summed E-state index contributed by atoms with van der Waals surface area (Å²) in [5.41, 5.74) is 0. The first-order valence-electron chi connectivity index (χ1n) is 7.42. The van der Waals surface area contributed by atoms with Crippen molar-refractivity contribution in [2.45, 2.75) is 52.6 Å². The number of aryl methyl sites for hydroxylation is 1. The van der Waals surface area contributed by atoms with Crippen LogP contribution in [0.4, 0.5) is 0 Å². The quantitative estimate of drug-likeness (QED) is 0.777. The molecular formula is C16H30N2S. The molecule has 2 atom stereocenters. The lowest BCUT2D eigenvalue weighted by Gasteiger charge is -2.27. The molecule has 0 radical (unpaired) electrons. The summed E-state index contributed by atoms with van der Waals surface area (Å²) in [6, 6.07) is 5.61. The Morgan fingerprint density at radius 1 is 1.21 bits per heavy atom. The molecule has 0 spiro atoms. The van der Waals surface area contributed by atoms with Gasteiger partial charge in [-0.05, 0) is 51.9 Å². The van der Waals surface area contributed by atoms with Gasteiger partial charge in [0.15, 0.2) is 0 Å². The van der Waals surface area contributed by atoms with E-state index in [1.54, 1.807) is 0 Å². The maximum Gasteiger partial charge on any atom is 0.0386 e. The second kappa shape index (κ2) is 8.03. The second-order valence-electron chi connectivity index (χ2n) is 6.03. The molecule has 1 aromatic rings. The van der Waals surface area contributed by atoms with Gasteiger partial charge in [-0.1, -0.05) is 20.8 Å². The minimum absolute atomic E-state index is 0.458. The number of nitrogens with zero attached hydrogens (tertiary/aromatic N) is 1. The van der Waals surface area contributed by atoms with Crippen LogP contribution in [0.2, 0.25) is 0 Å². The molecule has 0 saturated carbocycles. The van der Waals surface area contributed by atoms with Crippen LogP contribution in [0, 0.1) is 5.92 Å². The van der Waals surface area contributed by atoms with Crippen LogP contribution >= 0.6 is 11.3 Å². The van der Waals surface area contributed by atoms with Crippen molar-refractivity contribution in [3.63, 3.8) is 0 Å². The summed E-state index contributed by atoms with van der Waals surface area (Å²) in [4.78, 5) is 5.28. The zero-order chi connectivity index (χ0) is 14.4. The van der Waals surface area contributed by atoms with Crippen molar-refractivity contribution in [3.8, 4) is 0 Å². The van der Waals surface area contributed by atoms with E-state index >= 15 is 0 Å². The molecule has 2 unspecified atom stereocenters. The van der Waals surface area contributed by atoms with Gasteiger partial charge < -0.3 is 10.2 Å². The number of nitrogens with one attached hydrogen (secondary N) is 1. The Balaban J connectivity index is 2.49. The van der Waals surface area contributed by atoms with Crippen molar-refractivity contribution in [2.24, 2.45) is 5.92 Å². The molecule has 1 N–H and O–H groups in total. The van der Waals surface area contributed by atoms with Gasteiger partial charge in [0, 0.05) is 28.4 Å². The predicted molar refractivity (Wildman–Crippen MR) is 87.0 cm³/mol. The number of rotatable bonds is 8. The Hall–Kier alpha value is -0.380. The number of likely N-dealkylation sites (N-methyl/N-ethyl adjacent to an activating group) is 1. The first-order valence-corrected chi connectivity index (χ1v) is 8.24. The Bertz CT molecular complexity index is 357. The molecule has 1 aromatic heterocycles. The van der Waals surface area contributed by atoms with Crippen LogP contribution in [-0.2, 0) is 6.42 Å². The average molecular weight is 282 g/mol. The van der Waals surface area contributed by atoms with Crippen LogP contribution in [0.3, 0.4) is 0 Å². The lowest BCUT2D eigenvalue weighted by Crippen LogP contribution is -2.39. The highest BCUT2D eigenvalue weighted by molar-refractivity contribution is 7.12. The van der Waals surface area contributed by atoms with Gasteiger partial charge in [0.05, 0.1) is 0 Å². The minimum Gasteiger partial charge on any atom is -0.308 e. The van der Waals surface area contributed by atoms with Crippen molar-refractivity contribution >= 4 is 11.3 Å². The lowest BCUT2D eigenvalue weighted by molar-refractivity contribution is 0.242. The monoisotopic (exact) mass is 282 g/mol. The third-order valence-electron chi connectivity index (χ3n) is 3.59. The summed E-state index contributed by atoms with van der Waals surface area (Å²) in [7, 11) is 4.36. The highest BCUT2D eigenvalue weighted by Crippen LogP contribution is 2.23. The summed E-state index contributed by atoms with van der Waals surface area (Å²) < 4.78 is 0. The second-order valence-corrected chi connectivity index (χ2v) is 7.23. The fourth-order valence-electron chi connectivity index (χ4n) is 2.25. The van der Waals surface area contributed by atoms with Crippen LogP contribution in [-0.4, -0.2) is 31.6 Å². The largest absolute Gasteiger partial charge is 0.308 e. The molecule has 0 aliphatic carbocycles. The van der Waals surface area contributed by atoms with Gasteiger partial charge in [-0.25, -0.2) is 0 Å². The van der Waals surface area contributed by atoms with Crippen molar-refractivity contribution in [1.82, 2.24) is 10.2 Å². The molecule has 0 aliphatic rings. The smallest absolute Gasteiger partial charge is 0.0386 e. The Morgan fingerprint density at radius 3 is 2.37 bits per heavy atom. The van der Waals surface area contributed by atoms with Crippen LogP contribution in [0.1, 0.15) is 49.9 Å². The first-order chi connectivity index (χ1) is 8.93. The fraction of sp³-hybridized carbons (Fsp3) is 0.750. The molecule has 0 fully saturated rings. The van der Waals surface area contributed by atoms with E-state index in [2.05, 4.69) is 64.1 Å². The van der Waals surface area contributed by atoms with E-state index in [9.17, 15) is 0 Å². The van der Waals surface area contributed by atoms with E-state index in [1.807, 2.05) is 11.3 Å². The fourth-order valence-corrected chi connectivity index (χ4v) is 3.23. The van der Waals surface area contributed by atoms with Crippen molar-refractivity contribution in [1.29, 1.82) is 0 Å². The number of hydrogen-bond acceptors (Lipinski definition) is 3. The van der Waals surface area contributed by atoms with Crippen LogP contribution in [0.15, 0.2) is 12.1 Å². The van der Waals surface area contributed by atoms with E-state index in [1.165, 1.54) is 16.2 Å². The molecule has 19 heavy (non-hydrogen) atoms. The van der Waals surface area contributed by atoms with Gasteiger partial charge in [0.2, 0.25) is 0 Å². The first kappa shape index (κ1) is 16.7. The van der Waals surface area contributed by atoms with E-state index in [0.717, 1.165) is 18.9 Å². The molecule has 1 rings (SSSR count). The Morgan fingerprint density at radius 2 is 1.89 bits per heavy atom. The summed E-state index contributed by atoms with van der Waals surface area (Å²) in [6.45, 7) is 10.1. The number of hydrogen-bond donors (Lipinski definition) is 1. The van der Waals surface area contributed by atoms with Gasteiger partial charge in [-0.15, -0.1) is 11.3 Å². The topological polar surface area (TPSA) is 15.3 Å². The molecule has 0 aromatic carbocycles. The van der Waals surface area contributed by atoms with Gasteiger partial charge in [-0.3, -0.25) is 0 Å². The molecular weight excluding hydrogens is 252 g/mol. The summed E-state index contributed by atoms with van der Waals surface area (Å²) in [5.74, 6) is 0.748. The molecule has 3 heteroatoms. The number of thiophene rings is 1. The third-order valence-corrected chi connectivity index (χ3v) is 5.00. The van der Waals surface area contributed by atoms with E-state index in [-0.39, 0.29) is 0 Å². The van der Waals surface area contributed by atoms with Gasteiger partial charge in [-0.2, -0.15) is 0 Å². The van der Waals surface area contributed by atoms with Gasteiger partial charge >= 0.3 is 0 Å². The highest BCUT2D eigenvalue weighted by atomic mass is 32.1. The lowest BCUT2D eigenvalue weighted by atomic mass is 10.0. The van der Waals surface area contributed by atoms with Crippen LogP contribution < -0.4 is 5.32 Å². The molecule has 0 saturated heterocycles. The van der Waals surface area contributed by atoms with Gasteiger partial charge in [0.1, 0.15) is 0 Å². The minimum atomic E-state index is 0.458. The molecule has 2 nitrogen and oxygen atoms in total. The van der Waals surface area contributed by atoms with Crippen LogP contribution in [0.5, 0.6) is 0 Å². The molecule has 1 heterocycles. The van der Waals surface area contributed by atoms with E-state index < -0.39 is 0 Å². The average Bonchev–Trinajstić information content (AvgIpc) is 2.82. The molecule has 0 amide bonds. The highest BCUT2D eigenvalue weighted by Gasteiger charge is 2.15.